The molecule has 1 aromatic heterocycles. The topological polar surface area (TPSA) is 17.8 Å². The van der Waals surface area contributed by atoms with E-state index in [-0.39, 0.29) is 0 Å². The zero-order valence-corrected chi connectivity index (χ0v) is 10.8. The van der Waals surface area contributed by atoms with E-state index in [0.717, 1.165) is 17.9 Å². The lowest BCUT2D eigenvalue weighted by Gasteiger charge is -2.04. The van der Waals surface area contributed by atoms with Gasteiger partial charge in [0.05, 0.1) is 5.69 Å². The number of fused-ring (bicyclic) bond motifs is 3. The summed E-state index contributed by atoms with van der Waals surface area (Å²) in [7, 11) is 2.11. The normalized spacial score (nSPS) is 12.3. The molecule has 0 spiro atoms. The van der Waals surface area contributed by atoms with Crippen LogP contribution in [0.5, 0.6) is 0 Å². The van der Waals surface area contributed by atoms with Gasteiger partial charge in [0.2, 0.25) is 0 Å². The van der Waals surface area contributed by atoms with Crippen molar-refractivity contribution in [3.05, 3.63) is 65.9 Å². The Morgan fingerprint density at radius 1 is 0.947 bits per heavy atom. The molecule has 0 bridgehead atoms. The Morgan fingerprint density at radius 3 is 2.53 bits per heavy atom. The molecule has 2 aromatic carbocycles. The maximum absolute atomic E-state index is 4.86. The van der Waals surface area contributed by atoms with Gasteiger partial charge < -0.3 is 4.57 Å². The molecule has 92 valence electrons. The van der Waals surface area contributed by atoms with Crippen molar-refractivity contribution in [1.29, 1.82) is 0 Å². The number of hydrogen-bond acceptors (Lipinski definition) is 1. The van der Waals surface area contributed by atoms with Gasteiger partial charge in [0.1, 0.15) is 5.82 Å². The zero-order valence-electron chi connectivity index (χ0n) is 10.8. The van der Waals surface area contributed by atoms with E-state index in [2.05, 4.69) is 60.1 Å². The Morgan fingerprint density at radius 2 is 1.68 bits per heavy atom. The first-order valence-corrected chi connectivity index (χ1v) is 6.54. The lowest BCUT2D eigenvalue weighted by atomic mass is 10.1. The van der Waals surface area contributed by atoms with Crippen LogP contribution < -0.4 is 0 Å². The first-order valence-electron chi connectivity index (χ1n) is 6.54. The summed E-state index contributed by atoms with van der Waals surface area (Å²) in [6.45, 7) is 0. The van der Waals surface area contributed by atoms with Gasteiger partial charge in [-0.25, -0.2) is 4.98 Å². The van der Waals surface area contributed by atoms with Crippen molar-refractivity contribution in [2.75, 3.05) is 0 Å². The highest BCUT2D eigenvalue weighted by molar-refractivity contribution is 5.75. The fraction of sp³-hybridized carbons (Fsp3) is 0.118. The highest BCUT2D eigenvalue weighted by atomic mass is 15.1. The third-order valence-electron chi connectivity index (χ3n) is 3.88. The largest absolute Gasteiger partial charge is 0.330 e. The van der Waals surface area contributed by atoms with Crippen LogP contribution in [0.1, 0.15) is 11.3 Å². The maximum Gasteiger partial charge on any atom is 0.140 e. The molecule has 2 nitrogen and oxygen atoms in total. The number of benzene rings is 2. The molecule has 0 unspecified atom stereocenters. The number of aromatic nitrogens is 2. The first-order chi connectivity index (χ1) is 9.34. The minimum absolute atomic E-state index is 0.988. The fourth-order valence-electron chi connectivity index (χ4n) is 2.88. The van der Waals surface area contributed by atoms with E-state index < -0.39 is 0 Å². The van der Waals surface area contributed by atoms with E-state index in [1.54, 1.807) is 0 Å². The van der Waals surface area contributed by atoms with Gasteiger partial charge in [-0.15, -0.1) is 0 Å². The second kappa shape index (κ2) is 3.82. The van der Waals surface area contributed by atoms with Crippen molar-refractivity contribution in [3.8, 4) is 22.6 Å². The smallest absolute Gasteiger partial charge is 0.140 e. The summed E-state index contributed by atoms with van der Waals surface area (Å²) in [4.78, 5) is 4.86. The standard InChI is InChI=1S/C17H14N2/c1-19-15-11-13-9-5-6-10-14(13)16(15)18-17(19)12-7-3-2-4-8-12/h2-10H,11H2,1H3. The number of nitrogens with zero attached hydrogens (tertiary/aromatic N) is 2. The fourth-order valence-corrected chi connectivity index (χ4v) is 2.88. The maximum atomic E-state index is 4.86. The average molecular weight is 246 g/mol. The van der Waals surface area contributed by atoms with E-state index in [0.29, 0.717) is 0 Å². The van der Waals surface area contributed by atoms with Gasteiger partial charge in [-0.05, 0) is 5.56 Å². The summed E-state index contributed by atoms with van der Waals surface area (Å²) in [5, 5.41) is 0. The monoisotopic (exact) mass is 246 g/mol. The number of rotatable bonds is 1. The van der Waals surface area contributed by atoms with Gasteiger partial charge in [0.15, 0.2) is 0 Å². The molecule has 0 amide bonds. The van der Waals surface area contributed by atoms with Crippen LogP contribution in [0.25, 0.3) is 22.6 Å². The summed E-state index contributed by atoms with van der Waals surface area (Å²) in [5.41, 5.74) is 6.32. The zero-order chi connectivity index (χ0) is 12.8. The average Bonchev–Trinajstić information content (AvgIpc) is 2.98. The third-order valence-corrected chi connectivity index (χ3v) is 3.88. The van der Waals surface area contributed by atoms with Crippen molar-refractivity contribution in [3.63, 3.8) is 0 Å². The lowest BCUT2D eigenvalue weighted by molar-refractivity contribution is 0.862. The molecule has 0 N–H and O–H groups in total. The van der Waals surface area contributed by atoms with Gasteiger partial charge >= 0.3 is 0 Å². The predicted molar refractivity (Wildman–Crippen MR) is 76.9 cm³/mol. The molecule has 1 aliphatic carbocycles. The summed E-state index contributed by atoms with van der Waals surface area (Å²) >= 11 is 0. The Bertz CT molecular complexity index is 753. The molecule has 19 heavy (non-hydrogen) atoms. The second-order valence-corrected chi connectivity index (χ2v) is 4.99. The molecule has 0 saturated carbocycles. The molecular weight excluding hydrogens is 232 g/mol. The third kappa shape index (κ3) is 1.46. The Labute approximate surface area is 112 Å². The minimum atomic E-state index is 0.988. The van der Waals surface area contributed by atoms with E-state index in [1.165, 1.54) is 22.4 Å². The van der Waals surface area contributed by atoms with Crippen molar-refractivity contribution < 1.29 is 0 Å². The molecule has 0 aliphatic heterocycles. The summed E-state index contributed by atoms with van der Waals surface area (Å²) < 4.78 is 2.23. The molecular formula is C17H14N2. The summed E-state index contributed by atoms with van der Waals surface area (Å²) in [5.74, 6) is 1.06. The Balaban J connectivity index is 1.93. The van der Waals surface area contributed by atoms with Crippen molar-refractivity contribution in [1.82, 2.24) is 9.55 Å². The van der Waals surface area contributed by atoms with E-state index in [4.69, 9.17) is 4.98 Å². The number of hydrogen-bond donors (Lipinski definition) is 0. The van der Waals surface area contributed by atoms with Crippen LogP contribution in [0.3, 0.4) is 0 Å². The van der Waals surface area contributed by atoms with Crippen LogP contribution in [0, 0.1) is 0 Å². The molecule has 1 aliphatic rings. The molecule has 1 heterocycles. The van der Waals surface area contributed by atoms with Gasteiger partial charge in [-0.1, -0.05) is 54.6 Å². The van der Waals surface area contributed by atoms with Gasteiger partial charge in [0.25, 0.3) is 0 Å². The summed E-state index contributed by atoms with van der Waals surface area (Å²) in [6.07, 6.45) is 0.988. The van der Waals surface area contributed by atoms with E-state index in [9.17, 15) is 0 Å². The molecule has 2 heteroatoms. The molecule has 3 aromatic rings. The molecule has 0 saturated heterocycles. The Hall–Kier alpha value is -2.35. The van der Waals surface area contributed by atoms with Gasteiger partial charge in [-0.3, -0.25) is 0 Å². The van der Waals surface area contributed by atoms with Crippen LogP contribution in [0.15, 0.2) is 54.6 Å². The summed E-state index contributed by atoms with van der Waals surface area (Å²) in [6, 6.07) is 18.9. The van der Waals surface area contributed by atoms with E-state index >= 15 is 0 Å². The lowest BCUT2D eigenvalue weighted by Crippen LogP contribution is -1.97. The second-order valence-electron chi connectivity index (χ2n) is 4.99. The van der Waals surface area contributed by atoms with Gasteiger partial charge in [-0.2, -0.15) is 0 Å². The van der Waals surface area contributed by atoms with Gasteiger partial charge in [0, 0.05) is 30.3 Å². The van der Waals surface area contributed by atoms with Crippen LogP contribution in [-0.4, -0.2) is 9.55 Å². The van der Waals surface area contributed by atoms with Crippen LogP contribution in [-0.2, 0) is 13.5 Å². The SMILES string of the molecule is Cn1c(-c2ccccc2)nc2c1Cc1ccccc1-2. The first kappa shape index (κ1) is 10.6. The predicted octanol–water partition coefficient (Wildman–Crippen LogP) is 3.66. The Kier molecular flexibility index (Phi) is 2.12. The molecule has 0 atom stereocenters. The molecule has 0 fully saturated rings. The minimum Gasteiger partial charge on any atom is -0.330 e. The van der Waals surface area contributed by atoms with E-state index in [1.807, 2.05) is 6.07 Å². The van der Waals surface area contributed by atoms with Crippen LogP contribution in [0.2, 0.25) is 0 Å². The van der Waals surface area contributed by atoms with Crippen molar-refractivity contribution in [2.24, 2.45) is 7.05 Å². The van der Waals surface area contributed by atoms with Crippen molar-refractivity contribution >= 4 is 0 Å². The highest BCUT2D eigenvalue weighted by Gasteiger charge is 2.24. The highest BCUT2D eigenvalue weighted by Crippen LogP contribution is 2.37. The number of imidazole rings is 1. The van der Waals surface area contributed by atoms with Crippen LogP contribution in [0.4, 0.5) is 0 Å². The molecule has 4 rings (SSSR count). The van der Waals surface area contributed by atoms with Crippen molar-refractivity contribution in [2.45, 2.75) is 6.42 Å². The van der Waals surface area contributed by atoms with Crippen LogP contribution >= 0.6 is 0 Å². The quantitative estimate of drug-likeness (QED) is 0.501. The molecule has 0 radical (unpaired) electrons.